The zero-order chi connectivity index (χ0) is 13.8. The van der Waals surface area contributed by atoms with Crippen molar-refractivity contribution in [3.05, 3.63) is 58.6 Å². The van der Waals surface area contributed by atoms with Crippen LogP contribution in [-0.2, 0) is 12.8 Å². The number of aryl methyl sites for hydroxylation is 2. The molecule has 3 heteroatoms. The predicted octanol–water partition coefficient (Wildman–Crippen LogP) is 4.32. The monoisotopic (exact) mass is 287 g/mol. The summed E-state index contributed by atoms with van der Waals surface area (Å²) in [5, 5.41) is 4.04. The second-order valence-corrected chi connectivity index (χ2v) is 5.51. The predicted molar refractivity (Wildman–Crippen MR) is 83.9 cm³/mol. The van der Waals surface area contributed by atoms with E-state index in [0.29, 0.717) is 6.61 Å². The number of hydrogen-bond acceptors (Lipinski definition) is 2. The first kappa shape index (κ1) is 13.3. The van der Waals surface area contributed by atoms with Crippen LogP contribution in [0.3, 0.4) is 0 Å². The standard InChI is InChI=1S/C17H18ClNO/c18-15-5-2-6-16(12-15)19-9-10-20-17-8-7-13-3-1-4-14(13)11-17/h2,5-8,11-12,19H,1,3-4,9-10H2. The van der Waals surface area contributed by atoms with Gasteiger partial charge in [0.25, 0.3) is 0 Å². The van der Waals surface area contributed by atoms with Gasteiger partial charge in [0.15, 0.2) is 0 Å². The molecule has 2 aromatic rings. The van der Waals surface area contributed by atoms with Crippen LogP contribution in [-0.4, -0.2) is 13.2 Å². The fourth-order valence-electron chi connectivity index (χ4n) is 2.60. The van der Waals surface area contributed by atoms with E-state index in [1.54, 1.807) is 0 Å². The number of ether oxygens (including phenoxy) is 1. The Hall–Kier alpha value is -1.67. The van der Waals surface area contributed by atoms with Crippen LogP contribution < -0.4 is 10.1 Å². The number of fused-ring (bicyclic) bond motifs is 1. The number of rotatable bonds is 5. The summed E-state index contributed by atoms with van der Waals surface area (Å²) >= 11 is 5.94. The molecule has 0 spiro atoms. The van der Waals surface area contributed by atoms with Gasteiger partial charge in [-0.2, -0.15) is 0 Å². The van der Waals surface area contributed by atoms with E-state index in [9.17, 15) is 0 Å². The first-order valence-electron chi connectivity index (χ1n) is 7.05. The number of hydrogen-bond donors (Lipinski definition) is 1. The minimum Gasteiger partial charge on any atom is -0.492 e. The van der Waals surface area contributed by atoms with Crippen LogP contribution in [0.2, 0.25) is 5.02 Å². The fourth-order valence-corrected chi connectivity index (χ4v) is 2.79. The van der Waals surface area contributed by atoms with Gasteiger partial charge in [-0.1, -0.05) is 23.7 Å². The van der Waals surface area contributed by atoms with Crippen molar-refractivity contribution >= 4 is 17.3 Å². The highest BCUT2D eigenvalue weighted by Gasteiger charge is 2.10. The fraction of sp³-hybridized carbons (Fsp3) is 0.294. The third-order valence-corrected chi connectivity index (χ3v) is 3.83. The molecule has 2 nitrogen and oxygen atoms in total. The molecule has 0 saturated heterocycles. The number of nitrogens with one attached hydrogen (secondary N) is 1. The van der Waals surface area contributed by atoms with Gasteiger partial charge in [0.05, 0.1) is 0 Å². The number of anilines is 1. The van der Waals surface area contributed by atoms with Crippen LogP contribution in [0.15, 0.2) is 42.5 Å². The Morgan fingerprint density at radius 1 is 1.05 bits per heavy atom. The van der Waals surface area contributed by atoms with Gasteiger partial charge in [0, 0.05) is 17.3 Å². The summed E-state index contributed by atoms with van der Waals surface area (Å²) < 4.78 is 5.79. The third kappa shape index (κ3) is 3.26. The van der Waals surface area contributed by atoms with Crippen molar-refractivity contribution in [1.82, 2.24) is 0 Å². The molecule has 0 aromatic heterocycles. The van der Waals surface area contributed by atoms with Gasteiger partial charge in [-0.05, 0) is 60.7 Å². The molecule has 2 aromatic carbocycles. The Kier molecular flexibility index (Phi) is 4.12. The van der Waals surface area contributed by atoms with Crippen molar-refractivity contribution in [3.63, 3.8) is 0 Å². The van der Waals surface area contributed by atoms with Gasteiger partial charge >= 0.3 is 0 Å². The van der Waals surface area contributed by atoms with E-state index in [2.05, 4.69) is 23.5 Å². The van der Waals surface area contributed by atoms with Crippen LogP contribution in [0, 0.1) is 0 Å². The summed E-state index contributed by atoms with van der Waals surface area (Å²) in [7, 11) is 0. The van der Waals surface area contributed by atoms with Crippen LogP contribution in [0.25, 0.3) is 0 Å². The molecule has 3 rings (SSSR count). The second-order valence-electron chi connectivity index (χ2n) is 5.07. The smallest absolute Gasteiger partial charge is 0.119 e. The maximum absolute atomic E-state index is 5.94. The lowest BCUT2D eigenvalue weighted by atomic mass is 10.1. The molecular formula is C17H18ClNO. The van der Waals surface area contributed by atoms with Gasteiger partial charge in [0.1, 0.15) is 12.4 Å². The average molecular weight is 288 g/mol. The van der Waals surface area contributed by atoms with E-state index >= 15 is 0 Å². The van der Waals surface area contributed by atoms with Gasteiger partial charge in [0.2, 0.25) is 0 Å². The van der Waals surface area contributed by atoms with E-state index in [1.165, 1.54) is 30.4 Å². The highest BCUT2D eigenvalue weighted by molar-refractivity contribution is 6.30. The molecule has 1 aliphatic rings. The average Bonchev–Trinajstić information content (AvgIpc) is 2.91. The normalized spacial score (nSPS) is 13.1. The molecule has 104 valence electrons. The second kappa shape index (κ2) is 6.19. The Bertz CT molecular complexity index is 597. The van der Waals surface area contributed by atoms with Crippen molar-refractivity contribution < 1.29 is 4.74 Å². The molecule has 0 bridgehead atoms. The summed E-state index contributed by atoms with van der Waals surface area (Å²) in [5.41, 5.74) is 3.95. The third-order valence-electron chi connectivity index (χ3n) is 3.59. The van der Waals surface area contributed by atoms with E-state index in [4.69, 9.17) is 16.3 Å². The molecule has 0 saturated carbocycles. The van der Waals surface area contributed by atoms with Crippen molar-refractivity contribution in [2.24, 2.45) is 0 Å². The minimum atomic E-state index is 0.644. The van der Waals surface area contributed by atoms with Crippen LogP contribution in [0.1, 0.15) is 17.5 Å². The van der Waals surface area contributed by atoms with Crippen molar-refractivity contribution in [1.29, 1.82) is 0 Å². The SMILES string of the molecule is Clc1cccc(NCCOc2ccc3c(c2)CCC3)c1. The van der Waals surface area contributed by atoms with E-state index in [-0.39, 0.29) is 0 Å². The van der Waals surface area contributed by atoms with Gasteiger partial charge in [-0.15, -0.1) is 0 Å². The molecule has 0 aliphatic heterocycles. The van der Waals surface area contributed by atoms with E-state index in [1.807, 2.05) is 24.3 Å². The molecule has 0 radical (unpaired) electrons. The van der Waals surface area contributed by atoms with Crippen molar-refractivity contribution in [3.8, 4) is 5.75 Å². The molecule has 0 heterocycles. The maximum atomic E-state index is 5.94. The van der Waals surface area contributed by atoms with Gasteiger partial charge in [-0.25, -0.2) is 0 Å². The van der Waals surface area contributed by atoms with E-state index in [0.717, 1.165) is 23.0 Å². The molecule has 0 fully saturated rings. The summed E-state index contributed by atoms with van der Waals surface area (Å²) in [6.07, 6.45) is 3.67. The van der Waals surface area contributed by atoms with Crippen LogP contribution >= 0.6 is 11.6 Å². The lowest BCUT2D eigenvalue weighted by molar-refractivity contribution is 0.332. The summed E-state index contributed by atoms with van der Waals surface area (Å²) in [6, 6.07) is 14.2. The van der Waals surface area contributed by atoms with E-state index < -0.39 is 0 Å². The van der Waals surface area contributed by atoms with Gasteiger partial charge in [-0.3, -0.25) is 0 Å². The highest BCUT2D eigenvalue weighted by Crippen LogP contribution is 2.25. The lowest BCUT2D eigenvalue weighted by Crippen LogP contribution is -2.11. The first-order chi connectivity index (χ1) is 9.81. The number of benzene rings is 2. The van der Waals surface area contributed by atoms with Crippen molar-refractivity contribution in [2.45, 2.75) is 19.3 Å². The zero-order valence-corrected chi connectivity index (χ0v) is 12.1. The Balaban J connectivity index is 1.48. The van der Waals surface area contributed by atoms with Crippen LogP contribution in [0.4, 0.5) is 5.69 Å². The molecule has 1 aliphatic carbocycles. The highest BCUT2D eigenvalue weighted by atomic mass is 35.5. The summed E-state index contributed by atoms with van der Waals surface area (Å²) in [6.45, 7) is 1.41. The molecular weight excluding hydrogens is 270 g/mol. The molecule has 1 N–H and O–H groups in total. The summed E-state index contributed by atoms with van der Waals surface area (Å²) in [5.74, 6) is 0.971. The Labute approximate surface area is 124 Å². The zero-order valence-electron chi connectivity index (χ0n) is 11.4. The molecule has 20 heavy (non-hydrogen) atoms. The van der Waals surface area contributed by atoms with Crippen molar-refractivity contribution in [2.75, 3.05) is 18.5 Å². The minimum absolute atomic E-state index is 0.644. The van der Waals surface area contributed by atoms with Gasteiger partial charge < -0.3 is 10.1 Å². The van der Waals surface area contributed by atoms with Crippen LogP contribution in [0.5, 0.6) is 5.75 Å². The number of halogens is 1. The lowest BCUT2D eigenvalue weighted by Gasteiger charge is -2.10. The molecule has 0 amide bonds. The quantitative estimate of drug-likeness (QED) is 0.827. The molecule has 0 unspecified atom stereocenters. The topological polar surface area (TPSA) is 21.3 Å². The molecule has 0 atom stereocenters. The summed E-state index contributed by atoms with van der Waals surface area (Å²) in [4.78, 5) is 0. The Morgan fingerprint density at radius 3 is 2.85 bits per heavy atom. The first-order valence-corrected chi connectivity index (χ1v) is 7.43. The largest absolute Gasteiger partial charge is 0.492 e. The Morgan fingerprint density at radius 2 is 1.95 bits per heavy atom. The maximum Gasteiger partial charge on any atom is 0.119 e.